The Morgan fingerprint density at radius 1 is 1.69 bits per heavy atom. The first-order chi connectivity index (χ1) is 6.15. The lowest BCUT2D eigenvalue weighted by Gasteiger charge is -2.21. The molecule has 1 N–H and O–H groups in total. The molecule has 0 aromatic carbocycles. The number of aliphatic hydroxyl groups excluding tert-OH is 1. The Bertz CT molecular complexity index is 260. The smallest absolute Gasteiger partial charge is 0.146 e. The summed E-state index contributed by atoms with van der Waals surface area (Å²) in [6.07, 6.45) is 1.67. The van der Waals surface area contributed by atoms with Gasteiger partial charge >= 0.3 is 0 Å². The Morgan fingerprint density at radius 3 is 2.85 bits per heavy atom. The highest BCUT2D eigenvalue weighted by Gasteiger charge is 2.10. The van der Waals surface area contributed by atoms with E-state index in [1.54, 1.807) is 6.33 Å². The van der Waals surface area contributed by atoms with Crippen molar-refractivity contribution in [3.63, 3.8) is 0 Å². The predicted octanol–water partition coefficient (Wildman–Crippen LogP) is -0.372. The average molecular weight is 184 g/mol. The number of hydrogen-bond donors (Lipinski definition) is 1. The average Bonchev–Trinajstić information content (AvgIpc) is 2.50. The third-order valence-electron chi connectivity index (χ3n) is 2.21. The van der Waals surface area contributed by atoms with E-state index < -0.39 is 0 Å². The van der Waals surface area contributed by atoms with Crippen LogP contribution >= 0.6 is 0 Å². The number of nitrogens with zero attached hydrogens (tertiary/aromatic N) is 4. The Labute approximate surface area is 78.0 Å². The molecule has 5 heteroatoms. The van der Waals surface area contributed by atoms with E-state index in [-0.39, 0.29) is 12.6 Å². The van der Waals surface area contributed by atoms with Crippen LogP contribution in [-0.2, 0) is 13.6 Å². The fourth-order valence-corrected chi connectivity index (χ4v) is 0.969. The van der Waals surface area contributed by atoms with Crippen LogP contribution in [0.4, 0.5) is 0 Å². The number of aromatic nitrogens is 3. The van der Waals surface area contributed by atoms with Crippen molar-refractivity contribution in [2.45, 2.75) is 19.5 Å². The lowest BCUT2D eigenvalue weighted by Crippen LogP contribution is -2.32. The second kappa shape index (κ2) is 4.34. The maximum absolute atomic E-state index is 8.92. The van der Waals surface area contributed by atoms with Gasteiger partial charge in [-0.2, -0.15) is 0 Å². The summed E-state index contributed by atoms with van der Waals surface area (Å²) in [7, 11) is 3.86. The number of rotatable bonds is 4. The Morgan fingerprint density at radius 2 is 2.38 bits per heavy atom. The van der Waals surface area contributed by atoms with Crippen molar-refractivity contribution in [2.24, 2.45) is 7.05 Å². The van der Waals surface area contributed by atoms with Crippen molar-refractivity contribution in [3.8, 4) is 0 Å². The van der Waals surface area contributed by atoms with Crippen molar-refractivity contribution in [1.82, 2.24) is 19.7 Å². The first kappa shape index (κ1) is 10.1. The Balaban J connectivity index is 2.54. The highest BCUT2D eigenvalue weighted by atomic mass is 16.3. The van der Waals surface area contributed by atoms with E-state index in [0.717, 1.165) is 5.82 Å². The van der Waals surface area contributed by atoms with Crippen LogP contribution in [0.25, 0.3) is 0 Å². The largest absolute Gasteiger partial charge is 0.395 e. The van der Waals surface area contributed by atoms with Crippen LogP contribution in [0.2, 0.25) is 0 Å². The molecule has 1 aromatic rings. The quantitative estimate of drug-likeness (QED) is 0.693. The van der Waals surface area contributed by atoms with Crippen LogP contribution < -0.4 is 0 Å². The summed E-state index contributed by atoms with van der Waals surface area (Å²) in [4.78, 5) is 2.03. The van der Waals surface area contributed by atoms with Crippen molar-refractivity contribution in [2.75, 3.05) is 13.7 Å². The van der Waals surface area contributed by atoms with Gasteiger partial charge in [0.2, 0.25) is 0 Å². The Hall–Kier alpha value is -0.940. The molecule has 0 radical (unpaired) electrons. The maximum Gasteiger partial charge on any atom is 0.146 e. The summed E-state index contributed by atoms with van der Waals surface area (Å²) < 4.78 is 1.88. The molecule has 0 amide bonds. The maximum atomic E-state index is 8.92. The highest BCUT2D eigenvalue weighted by molar-refractivity contribution is 4.84. The zero-order valence-corrected chi connectivity index (χ0v) is 8.30. The molecule has 0 fully saturated rings. The lowest BCUT2D eigenvalue weighted by atomic mass is 10.3. The normalized spacial score (nSPS) is 13.6. The number of likely N-dealkylation sites (N-methyl/N-ethyl adjacent to an activating group) is 1. The molecule has 1 aromatic heterocycles. The van der Waals surface area contributed by atoms with Crippen molar-refractivity contribution < 1.29 is 5.11 Å². The van der Waals surface area contributed by atoms with Gasteiger partial charge in [0.1, 0.15) is 12.2 Å². The first-order valence-electron chi connectivity index (χ1n) is 4.29. The van der Waals surface area contributed by atoms with Gasteiger partial charge in [0, 0.05) is 13.1 Å². The second-order valence-corrected chi connectivity index (χ2v) is 3.30. The first-order valence-corrected chi connectivity index (χ1v) is 4.29. The summed E-state index contributed by atoms with van der Waals surface area (Å²) in [6.45, 7) is 2.84. The molecule has 0 saturated carbocycles. The molecular formula is C8H16N4O. The van der Waals surface area contributed by atoms with Crippen LogP contribution in [0.15, 0.2) is 6.33 Å². The topological polar surface area (TPSA) is 54.2 Å². The van der Waals surface area contributed by atoms with E-state index in [1.807, 2.05) is 30.5 Å². The van der Waals surface area contributed by atoms with E-state index in [9.17, 15) is 0 Å². The molecule has 1 atom stereocenters. The monoisotopic (exact) mass is 184 g/mol. The molecule has 1 unspecified atom stereocenters. The predicted molar refractivity (Wildman–Crippen MR) is 49.0 cm³/mol. The summed E-state index contributed by atoms with van der Waals surface area (Å²) >= 11 is 0. The zero-order chi connectivity index (χ0) is 9.84. The van der Waals surface area contributed by atoms with Gasteiger partial charge in [-0.1, -0.05) is 0 Å². The minimum atomic E-state index is 0.150. The van der Waals surface area contributed by atoms with Gasteiger partial charge in [-0.25, -0.2) is 0 Å². The molecule has 74 valence electrons. The number of hydrogen-bond acceptors (Lipinski definition) is 4. The van der Waals surface area contributed by atoms with Crippen LogP contribution in [0, 0.1) is 0 Å². The zero-order valence-electron chi connectivity index (χ0n) is 8.30. The SMILES string of the molecule is CC(CO)N(C)Cc1nncn1C. The van der Waals surface area contributed by atoms with Crippen LogP contribution in [-0.4, -0.2) is 44.5 Å². The van der Waals surface area contributed by atoms with Crippen LogP contribution in [0.3, 0.4) is 0 Å². The molecule has 0 bridgehead atoms. The van der Waals surface area contributed by atoms with Gasteiger partial charge in [-0.05, 0) is 14.0 Å². The molecular weight excluding hydrogens is 168 g/mol. The minimum Gasteiger partial charge on any atom is -0.395 e. The van der Waals surface area contributed by atoms with Crippen molar-refractivity contribution in [3.05, 3.63) is 12.2 Å². The molecule has 13 heavy (non-hydrogen) atoms. The Kier molecular flexibility index (Phi) is 3.39. The lowest BCUT2D eigenvalue weighted by molar-refractivity contribution is 0.150. The van der Waals surface area contributed by atoms with Gasteiger partial charge in [-0.15, -0.1) is 10.2 Å². The molecule has 0 aliphatic rings. The van der Waals surface area contributed by atoms with E-state index in [1.165, 1.54) is 0 Å². The van der Waals surface area contributed by atoms with Gasteiger partial charge < -0.3 is 9.67 Å². The summed E-state index contributed by atoms with van der Waals surface area (Å²) in [5, 5.41) is 16.7. The summed E-state index contributed by atoms with van der Waals surface area (Å²) in [5.41, 5.74) is 0. The number of aliphatic hydroxyl groups is 1. The van der Waals surface area contributed by atoms with Crippen LogP contribution in [0.1, 0.15) is 12.7 Å². The third-order valence-corrected chi connectivity index (χ3v) is 2.21. The molecule has 0 aliphatic heterocycles. The fraction of sp³-hybridized carbons (Fsp3) is 0.750. The minimum absolute atomic E-state index is 0.150. The van der Waals surface area contributed by atoms with Crippen molar-refractivity contribution >= 4 is 0 Å². The third kappa shape index (κ3) is 2.50. The standard InChI is InChI=1S/C8H16N4O/c1-7(5-13)11(2)4-8-10-9-6-12(8)3/h6-7,13H,4-5H2,1-3H3. The van der Waals surface area contributed by atoms with Gasteiger partial charge in [-0.3, -0.25) is 4.90 Å². The highest BCUT2D eigenvalue weighted by Crippen LogP contribution is 2.01. The van der Waals surface area contributed by atoms with Crippen molar-refractivity contribution in [1.29, 1.82) is 0 Å². The van der Waals surface area contributed by atoms with Gasteiger partial charge in [0.25, 0.3) is 0 Å². The molecule has 1 rings (SSSR count). The van der Waals surface area contributed by atoms with Gasteiger partial charge in [0.05, 0.1) is 13.2 Å². The molecule has 0 spiro atoms. The second-order valence-electron chi connectivity index (χ2n) is 3.30. The van der Waals surface area contributed by atoms with E-state index >= 15 is 0 Å². The van der Waals surface area contributed by atoms with E-state index in [0.29, 0.717) is 6.54 Å². The molecule has 0 aliphatic carbocycles. The summed E-state index contributed by atoms with van der Waals surface area (Å²) in [6, 6.07) is 0.150. The van der Waals surface area contributed by atoms with Gasteiger partial charge in [0.15, 0.2) is 0 Å². The molecule has 5 nitrogen and oxygen atoms in total. The number of aryl methyl sites for hydroxylation is 1. The van der Waals surface area contributed by atoms with E-state index in [4.69, 9.17) is 5.11 Å². The summed E-state index contributed by atoms with van der Waals surface area (Å²) in [5.74, 6) is 0.905. The van der Waals surface area contributed by atoms with E-state index in [2.05, 4.69) is 10.2 Å². The van der Waals surface area contributed by atoms with Crippen LogP contribution in [0.5, 0.6) is 0 Å². The molecule has 0 saturated heterocycles. The molecule has 1 heterocycles. The fourth-order valence-electron chi connectivity index (χ4n) is 0.969.